The second-order valence-corrected chi connectivity index (χ2v) is 5.03. The first-order chi connectivity index (χ1) is 9.74. The van der Waals surface area contributed by atoms with E-state index < -0.39 is 0 Å². The van der Waals surface area contributed by atoms with Gasteiger partial charge in [0.25, 0.3) is 5.91 Å². The fourth-order valence-electron chi connectivity index (χ4n) is 2.56. The van der Waals surface area contributed by atoms with Crippen LogP contribution in [-0.2, 0) is 4.79 Å². The Labute approximate surface area is 117 Å². The van der Waals surface area contributed by atoms with Crippen LogP contribution in [0.1, 0.15) is 23.3 Å². The van der Waals surface area contributed by atoms with Crippen LogP contribution in [0.2, 0.25) is 0 Å². The minimum Gasteiger partial charge on any atom is -0.357 e. The highest BCUT2D eigenvalue weighted by Crippen LogP contribution is 2.18. The molecule has 7 nitrogen and oxygen atoms in total. The van der Waals surface area contributed by atoms with Gasteiger partial charge in [-0.15, -0.1) is 0 Å². The van der Waals surface area contributed by atoms with Crippen molar-refractivity contribution in [3.63, 3.8) is 0 Å². The molecule has 20 heavy (non-hydrogen) atoms. The zero-order valence-corrected chi connectivity index (χ0v) is 11.2. The van der Waals surface area contributed by atoms with Gasteiger partial charge in [-0.25, -0.2) is 9.97 Å². The Morgan fingerprint density at radius 3 is 2.75 bits per heavy atom. The van der Waals surface area contributed by atoms with E-state index in [1.807, 2.05) is 0 Å². The van der Waals surface area contributed by atoms with Gasteiger partial charge in [0, 0.05) is 32.2 Å². The largest absolute Gasteiger partial charge is 0.357 e. The first kappa shape index (κ1) is 12.8. The number of hydrogen-bond acceptors (Lipinski definition) is 5. The molecule has 2 amide bonds. The molecular formula is C13H17N5O2. The van der Waals surface area contributed by atoms with E-state index in [9.17, 15) is 9.59 Å². The average Bonchev–Trinajstić information content (AvgIpc) is 3.01. The summed E-state index contributed by atoms with van der Waals surface area (Å²) in [5, 5.41) is 2.70. The summed E-state index contributed by atoms with van der Waals surface area (Å²) in [5.41, 5.74) is 0.358. The van der Waals surface area contributed by atoms with Crippen molar-refractivity contribution in [2.75, 3.05) is 37.6 Å². The summed E-state index contributed by atoms with van der Waals surface area (Å²) >= 11 is 0. The topological polar surface area (TPSA) is 78.4 Å². The van der Waals surface area contributed by atoms with Crippen LogP contribution >= 0.6 is 0 Å². The SMILES string of the molecule is O=C1CN(C(=O)c2cc(N3CCCC3)ncn2)CCN1. The number of amides is 2. The highest BCUT2D eigenvalue weighted by Gasteiger charge is 2.24. The Bertz CT molecular complexity index is 527. The predicted octanol–water partition coefficient (Wildman–Crippen LogP) is -0.351. The number of piperazine rings is 1. The Morgan fingerprint density at radius 2 is 2.00 bits per heavy atom. The van der Waals surface area contributed by atoms with Gasteiger partial charge in [0.2, 0.25) is 5.91 Å². The van der Waals surface area contributed by atoms with Gasteiger partial charge in [-0.2, -0.15) is 0 Å². The molecule has 1 aromatic heterocycles. The van der Waals surface area contributed by atoms with E-state index in [0.29, 0.717) is 18.8 Å². The lowest BCUT2D eigenvalue weighted by atomic mass is 10.3. The number of rotatable bonds is 2. The normalized spacial score (nSPS) is 19.1. The zero-order valence-electron chi connectivity index (χ0n) is 11.2. The van der Waals surface area contributed by atoms with Gasteiger partial charge >= 0.3 is 0 Å². The van der Waals surface area contributed by atoms with E-state index in [1.165, 1.54) is 11.2 Å². The third-order valence-electron chi connectivity index (χ3n) is 3.63. The van der Waals surface area contributed by atoms with Crippen molar-refractivity contribution in [2.45, 2.75) is 12.8 Å². The lowest BCUT2D eigenvalue weighted by molar-refractivity contribution is -0.123. The lowest BCUT2D eigenvalue weighted by Gasteiger charge is -2.26. The number of anilines is 1. The molecule has 3 rings (SSSR count). The van der Waals surface area contributed by atoms with Crippen LogP contribution in [0, 0.1) is 0 Å². The highest BCUT2D eigenvalue weighted by atomic mass is 16.2. The maximum atomic E-state index is 12.3. The number of carbonyl (C=O) groups excluding carboxylic acids is 2. The number of hydrogen-bond donors (Lipinski definition) is 1. The molecule has 106 valence electrons. The maximum absolute atomic E-state index is 12.3. The minimum atomic E-state index is -0.206. The van der Waals surface area contributed by atoms with E-state index in [4.69, 9.17) is 0 Å². The van der Waals surface area contributed by atoms with E-state index in [0.717, 1.165) is 31.7 Å². The zero-order chi connectivity index (χ0) is 13.9. The molecule has 1 N–H and O–H groups in total. The van der Waals surface area contributed by atoms with Gasteiger partial charge in [-0.05, 0) is 12.8 Å². The van der Waals surface area contributed by atoms with Crippen molar-refractivity contribution in [3.05, 3.63) is 18.1 Å². The van der Waals surface area contributed by atoms with Crippen LogP contribution in [0.4, 0.5) is 5.82 Å². The van der Waals surface area contributed by atoms with E-state index in [2.05, 4.69) is 20.2 Å². The smallest absolute Gasteiger partial charge is 0.273 e. The Morgan fingerprint density at radius 1 is 1.20 bits per heavy atom. The molecule has 0 bridgehead atoms. The van der Waals surface area contributed by atoms with Crippen LogP contribution < -0.4 is 10.2 Å². The molecule has 0 atom stereocenters. The molecule has 0 unspecified atom stereocenters. The molecule has 0 aliphatic carbocycles. The van der Waals surface area contributed by atoms with Crippen molar-refractivity contribution in [1.82, 2.24) is 20.2 Å². The Kier molecular flexibility index (Phi) is 3.49. The number of carbonyl (C=O) groups is 2. The molecule has 7 heteroatoms. The molecule has 2 aliphatic rings. The van der Waals surface area contributed by atoms with E-state index >= 15 is 0 Å². The molecule has 0 radical (unpaired) electrons. The molecular weight excluding hydrogens is 258 g/mol. The predicted molar refractivity (Wildman–Crippen MR) is 72.4 cm³/mol. The van der Waals surface area contributed by atoms with Crippen LogP contribution in [0.15, 0.2) is 12.4 Å². The summed E-state index contributed by atoms with van der Waals surface area (Å²) < 4.78 is 0. The van der Waals surface area contributed by atoms with Crippen LogP contribution in [0.5, 0.6) is 0 Å². The van der Waals surface area contributed by atoms with Crippen molar-refractivity contribution < 1.29 is 9.59 Å². The Balaban J connectivity index is 1.77. The van der Waals surface area contributed by atoms with Gasteiger partial charge in [0.15, 0.2) is 0 Å². The number of nitrogens with zero attached hydrogens (tertiary/aromatic N) is 4. The quantitative estimate of drug-likeness (QED) is 0.798. The average molecular weight is 275 g/mol. The Hall–Kier alpha value is -2.18. The van der Waals surface area contributed by atoms with Crippen LogP contribution in [0.25, 0.3) is 0 Å². The second-order valence-electron chi connectivity index (χ2n) is 5.03. The molecule has 0 aromatic carbocycles. The lowest BCUT2D eigenvalue weighted by Crippen LogP contribution is -2.50. The van der Waals surface area contributed by atoms with Crippen molar-refractivity contribution in [3.8, 4) is 0 Å². The third-order valence-corrected chi connectivity index (χ3v) is 3.63. The number of aromatic nitrogens is 2. The maximum Gasteiger partial charge on any atom is 0.273 e. The molecule has 1 aromatic rings. The monoisotopic (exact) mass is 275 g/mol. The van der Waals surface area contributed by atoms with Crippen LogP contribution in [-0.4, -0.2) is 59.4 Å². The molecule has 2 saturated heterocycles. The van der Waals surface area contributed by atoms with Crippen LogP contribution in [0.3, 0.4) is 0 Å². The summed E-state index contributed by atoms with van der Waals surface area (Å²) in [4.78, 5) is 35.6. The van der Waals surface area contributed by atoms with Crippen molar-refractivity contribution >= 4 is 17.6 Å². The summed E-state index contributed by atoms with van der Waals surface area (Å²) in [5.74, 6) is 0.462. The summed E-state index contributed by atoms with van der Waals surface area (Å²) in [6.45, 7) is 3.05. The standard InChI is InChI=1S/C13H17N5O2/c19-12-8-18(6-3-14-12)13(20)10-7-11(16-9-15-10)17-4-1-2-5-17/h7,9H,1-6,8H2,(H,14,19). The fraction of sp³-hybridized carbons (Fsp3) is 0.538. The molecule has 2 fully saturated rings. The van der Waals surface area contributed by atoms with Gasteiger partial charge in [0.1, 0.15) is 17.8 Å². The molecule has 0 spiro atoms. The molecule has 3 heterocycles. The summed E-state index contributed by atoms with van der Waals surface area (Å²) in [6, 6.07) is 1.72. The third kappa shape index (κ3) is 2.56. The van der Waals surface area contributed by atoms with Crippen molar-refractivity contribution in [1.29, 1.82) is 0 Å². The summed E-state index contributed by atoms with van der Waals surface area (Å²) in [7, 11) is 0. The van der Waals surface area contributed by atoms with Gasteiger partial charge < -0.3 is 15.1 Å². The minimum absolute atomic E-state index is 0.0991. The number of nitrogens with one attached hydrogen (secondary N) is 1. The fourth-order valence-corrected chi connectivity index (χ4v) is 2.56. The van der Waals surface area contributed by atoms with E-state index in [1.54, 1.807) is 6.07 Å². The van der Waals surface area contributed by atoms with Gasteiger partial charge in [-0.3, -0.25) is 9.59 Å². The van der Waals surface area contributed by atoms with Crippen molar-refractivity contribution in [2.24, 2.45) is 0 Å². The first-order valence-electron chi connectivity index (χ1n) is 6.87. The molecule has 0 saturated carbocycles. The second kappa shape index (κ2) is 5.44. The molecule has 2 aliphatic heterocycles. The highest BCUT2D eigenvalue weighted by molar-refractivity contribution is 5.96. The van der Waals surface area contributed by atoms with E-state index in [-0.39, 0.29) is 18.4 Å². The summed E-state index contributed by atoms with van der Waals surface area (Å²) in [6.07, 6.45) is 3.73. The van der Waals surface area contributed by atoms with Gasteiger partial charge in [-0.1, -0.05) is 0 Å². The first-order valence-corrected chi connectivity index (χ1v) is 6.87. The van der Waals surface area contributed by atoms with Gasteiger partial charge in [0.05, 0.1) is 6.54 Å².